The monoisotopic (exact) mass is 408 g/mol. The van der Waals surface area contributed by atoms with E-state index in [0.29, 0.717) is 17.6 Å². The summed E-state index contributed by atoms with van der Waals surface area (Å²) in [7, 11) is 0. The van der Waals surface area contributed by atoms with Gasteiger partial charge < -0.3 is 5.32 Å². The minimum absolute atomic E-state index is 0.109. The van der Waals surface area contributed by atoms with Crippen molar-refractivity contribution in [2.45, 2.75) is 32.2 Å². The maximum Gasteiger partial charge on any atom is 0.259 e. The molecule has 0 bridgehead atoms. The molecule has 3 aromatic carbocycles. The van der Waals surface area contributed by atoms with Gasteiger partial charge in [-0.1, -0.05) is 60.2 Å². The van der Waals surface area contributed by atoms with Crippen LogP contribution >= 0.6 is 0 Å². The number of ketones is 1. The highest BCUT2D eigenvalue weighted by Gasteiger charge is 2.39. The summed E-state index contributed by atoms with van der Waals surface area (Å²) in [5.41, 5.74) is 5.94. The Morgan fingerprint density at radius 2 is 1.61 bits per heavy atom. The van der Waals surface area contributed by atoms with Crippen LogP contribution in [0.4, 0.5) is 11.4 Å². The minimum Gasteiger partial charge on any atom is -0.357 e. The molecule has 1 atom stereocenters. The molecule has 1 aliphatic heterocycles. The second kappa shape index (κ2) is 7.88. The number of carbonyl (C=O) groups is 2. The highest BCUT2D eigenvalue weighted by atomic mass is 16.2. The van der Waals surface area contributed by atoms with Crippen molar-refractivity contribution in [2.75, 3.05) is 10.2 Å². The predicted octanol–water partition coefficient (Wildman–Crippen LogP) is 5.82. The van der Waals surface area contributed by atoms with Crippen LogP contribution in [0.3, 0.4) is 0 Å². The van der Waals surface area contributed by atoms with Gasteiger partial charge in [0.1, 0.15) is 0 Å². The molecule has 1 amide bonds. The lowest BCUT2D eigenvalue weighted by atomic mass is 9.85. The summed E-state index contributed by atoms with van der Waals surface area (Å²) in [6.07, 6.45) is 2.12. The van der Waals surface area contributed by atoms with Crippen molar-refractivity contribution in [1.82, 2.24) is 0 Å². The third-order valence-electron chi connectivity index (χ3n) is 6.07. The molecule has 0 radical (unpaired) electrons. The van der Waals surface area contributed by atoms with E-state index in [2.05, 4.69) is 5.32 Å². The van der Waals surface area contributed by atoms with Crippen LogP contribution in [0.25, 0.3) is 0 Å². The molecule has 0 aromatic heterocycles. The van der Waals surface area contributed by atoms with Crippen molar-refractivity contribution in [2.24, 2.45) is 0 Å². The summed E-state index contributed by atoms with van der Waals surface area (Å²) in [5, 5.41) is 3.50. The van der Waals surface area contributed by atoms with Crippen molar-refractivity contribution in [1.29, 1.82) is 0 Å². The minimum atomic E-state index is -0.479. The number of nitrogens with zero attached hydrogens (tertiary/aromatic N) is 1. The van der Waals surface area contributed by atoms with Crippen LogP contribution in [0.2, 0.25) is 0 Å². The number of carbonyl (C=O) groups excluding carboxylic acids is 2. The Kier molecular flexibility index (Phi) is 4.91. The van der Waals surface area contributed by atoms with E-state index in [9.17, 15) is 9.59 Å². The zero-order valence-electron chi connectivity index (χ0n) is 17.5. The second-order valence-electron chi connectivity index (χ2n) is 8.17. The second-order valence-corrected chi connectivity index (χ2v) is 8.17. The number of amides is 1. The Morgan fingerprint density at radius 1 is 0.903 bits per heavy atom. The number of fused-ring (bicyclic) bond motifs is 1. The van der Waals surface area contributed by atoms with Crippen LogP contribution in [0, 0.1) is 6.92 Å². The van der Waals surface area contributed by atoms with Gasteiger partial charge in [-0.15, -0.1) is 0 Å². The molecule has 0 fully saturated rings. The Balaban J connectivity index is 1.78. The number of para-hydroxylation sites is 2. The summed E-state index contributed by atoms with van der Waals surface area (Å²) in [6, 6.07) is 24.8. The van der Waals surface area contributed by atoms with Crippen LogP contribution in [0.1, 0.15) is 46.8 Å². The summed E-state index contributed by atoms with van der Waals surface area (Å²) in [6.45, 7) is 2.04. The van der Waals surface area contributed by atoms with Crippen LogP contribution < -0.4 is 10.2 Å². The average Bonchev–Trinajstić information content (AvgIpc) is 2.95. The molecule has 154 valence electrons. The Hall–Kier alpha value is -3.66. The normalized spacial score (nSPS) is 18.0. The van der Waals surface area contributed by atoms with Gasteiger partial charge in [-0.3, -0.25) is 14.5 Å². The number of allylic oxidation sites excluding steroid dienone is 1. The third kappa shape index (κ3) is 3.44. The fourth-order valence-electron chi connectivity index (χ4n) is 4.54. The van der Waals surface area contributed by atoms with Crippen molar-refractivity contribution >= 4 is 23.1 Å². The molecule has 0 spiro atoms. The molecular weight excluding hydrogens is 384 g/mol. The zero-order chi connectivity index (χ0) is 21.4. The van der Waals surface area contributed by atoms with Gasteiger partial charge in [0.2, 0.25) is 0 Å². The first-order valence-corrected chi connectivity index (χ1v) is 10.7. The van der Waals surface area contributed by atoms with Gasteiger partial charge in [-0.05, 0) is 49.6 Å². The summed E-state index contributed by atoms with van der Waals surface area (Å²) in [5.74, 6) is -0.00876. The van der Waals surface area contributed by atoms with E-state index in [1.54, 1.807) is 4.90 Å². The Labute approximate surface area is 182 Å². The SMILES string of the molecule is Cc1ccc([C@@H]2C3=C(CCCC3=O)Nc3ccccc3N2C(=O)c2ccccc2)cc1. The van der Waals surface area contributed by atoms with E-state index < -0.39 is 6.04 Å². The molecular formula is C27H24N2O2. The molecule has 4 nitrogen and oxygen atoms in total. The standard InChI is InChI=1S/C27H24N2O2/c1-18-14-16-19(17-15-18)26-25-22(11-7-13-24(25)30)28-21-10-5-6-12-23(21)29(26)27(31)20-8-3-2-4-9-20/h2-6,8-10,12,14-17,26,28H,7,11,13H2,1H3/t26-/m1/s1. The van der Waals surface area contributed by atoms with Crippen LogP contribution in [0.5, 0.6) is 0 Å². The quantitative estimate of drug-likeness (QED) is 0.582. The molecule has 1 aliphatic carbocycles. The highest BCUT2D eigenvalue weighted by molar-refractivity contribution is 6.11. The lowest BCUT2D eigenvalue weighted by molar-refractivity contribution is -0.116. The van der Waals surface area contributed by atoms with E-state index in [-0.39, 0.29) is 11.7 Å². The number of hydrogen-bond acceptors (Lipinski definition) is 3. The van der Waals surface area contributed by atoms with Crippen molar-refractivity contribution in [3.05, 3.63) is 107 Å². The largest absolute Gasteiger partial charge is 0.357 e. The lowest BCUT2D eigenvalue weighted by Crippen LogP contribution is -2.38. The summed E-state index contributed by atoms with van der Waals surface area (Å²) in [4.78, 5) is 29.0. The van der Waals surface area contributed by atoms with Gasteiger partial charge in [0, 0.05) is 23.3 Å². The predicted molar refractivity (Wildman–Crippen MR) is 123 cm³/mol. The van der Waals surface area contributed by atoms with Crippen molar-refractivity contribution in [3.8, 4) is 0 Å². The molecule has 0 saturated carbocycles. The Morgan fingerprint density at radius 3 is 2.39 bits per heavy atom. The number of nitrogens with one attached hydrogen (secondary N) is 1. The maximum atomic E-state index is 13.9. The van der Waals surface area contributed by atoms with Crippen LogP contribution in [-0.2, 0) is 4.79 Å². The van der Waals surface area contributed by atoms with Crippen LogP contribution in [-0.4, -0.2) is 11.7 Å². The molecule has 0 unspecified atom stereocenters. The van der Waals surface area contributed by atoms with E-state index in [1.165, 1.54) is 0 Å². The van der Waals surface area contributed by atoms with Crippen molar-refractivity contribution < 1.29 is 9.59 Å². The van der Waals surface area contributed by atoms with Gasteiger partial charge in [-0.2, -0.15) is 0 Å². The smallest absolute Gasteiger partial charge is 0.259 e. The molecule has 4 heteroatoms. The first kappa shape index (κ1) is 19.3. The first-order valence-electron chi connectivity index (χ1n) is 10.7. The number of rotatable bonds is 2. The highest BCUT2D eigenvalue weighted by Crippen LogP contribution is 2.45. The maximum absolute atomic E-state index is 13.9. The van der Waals surface area contributed by atoms with E-state index in [0.717, 1.165) is 41.0 Å². The fraction of sp³-hybridized carbons (Fsp3) is 0.185. The third-order valence-corrected chi connectivity index (χ3v) is 6.07. The van der Waals surface area contributed by atoms with E-state index in [4.69, 9.17) is 0 Å². The first-order chi connectivity index (χ1) is 15.1. The van der Waals surface area contributed by atoms with Gasteiger partial charge in [0.25, 0.3) is 5.91 Å². The van der Waals surface area contributed by atoms with Gasteiger partial charge in [-0.25, -0.2) is 0 Å². The van der Waals surface area contributed by atoms with Gasteiger partial charge >= 0.3 is 0 Å². The zero-order valence-corrected chi connectivity index (χ0v) is 17.5. The molecule has 0 saturated heterocycles. The number of aryl methyl sites for hydroxylation is 1. The lowest BCUT2D eigenvalue weighted by Gasteiger charge is -2.34. The van der Waals surface area contributed by atoms with Gasteiger partial charge in [0.05, 0.1) is 17.4 Å². The topological polar surface area (TPSA) is 49.4 Å². The molecule has 1 heterocycles. The van der Waals surface area contributed by atoms with Crippen LogP contribution in [0.15, 0.2) is 90.1 Å². The summed E-state index contributed by atoms with van der Waals surface area (Å²) < 4.78 is 0. The molecule has 1 N–H and O–H groups in total. The molecule has 31 heavy (non-hydrogen) atoms. The van der Waals surface area contributed by atoms with E-state index in [1.807, 2.05) is 85.8 Å². The molecule has 2 aliphatic rings. The summed E-state index contributed by atoms with van der Waals surface area (Å²) >= 11 is 0. The average molecular weight is 409 g/mol. The molecule has 5 rings (SSSR count). The number of hydrogen-bond donors (Lipinski definition) is 1. The van der Waals surface area contributed by atoms with Crippen molar-refractivity contribution in [3.63, 3.8) is 0 Å². The molecule has 3 aromatic rings. The number of anilines is 2. The Bertz CT molecular complexity index is 1180. The van der Waals surface area contributed by atoms with E-state index >= 15 is 0 Å². The number of benzene rings is 3. The fourth-order valence-corrected chi connectivity index (χ4v) is 4.54. The number of Topliss-reactive ketones (excluding diaryl/α,β-unsaturated/α-hetero) is 1. The van der Waals surface area contributed by atoms with Gasteiger partial charge in [0.15, 0.2) is 5.78 Å².